The molecule has 1 aromatic carbocycles. The van der Waals surface area contributed by atoms with E-state index in [-0.39, 0.29) is 0 Å². The Morgan fingerprint density at radius 1 is 1.21 bits per heavy atom. The Balaban J connectivity index is 2.08. The highest BCUT2D eigenvalue weighted by Gasteiger charge is 2.09. The van der Waals surface area contributed by atoms with Gasteiger partial charge in [0.25, 0.3) is 0 Å². The molecule has 1 aromatic heterocycles. The van der Waals surface area contributed by atoms with Crippen LogP contribution in [0.25, 0.3) is 11.0 Å². The molecule has 0 amide bonds. The quantitative estimate of drug-likeness (QED) is 0.551. The van der Waals surface area contributed by atoms with E-state index >= 15 is 0 Å². The summed E-state index contributed by atoms with van der Waals surface area (Å²) in [6, 6.07) is 8.13. The van der Waals surface area contributed by atoms with Gasteiger partial charge in [-0.25, -0.2) is 4.98 Å². The molecule has 4 nitrogen and oxygen atoms in total. The number of hydrogen-bond donors (Lipinski definition) is 0. The summed E-state index contributed by atoms with van der Waals surface area (Å²) in [5.74, 6) is 1.60. The third-order valence-electron chi connectivity index (χ3n) is 2.94. The molecule has 0 aliphatic carbocycles. The summed E-state index contributed by atoms with van der Waals surface area (Å²) >= 11 is 5.84. The summed E-state index contributed by atoms with van der Waals surface area (Å²) in [4.78, 5) is 4.62. The Hall–Kier alpha value is -1.10. The van der Waals surface area contributed by atoms with Crippen LogP contribution in [0.15, 0.2) is 24.3 Å². The van der Waals surface area contributed by atoms with Gasteiger partial charge in [0, 0.05) is 26.0 Å². The van der Waals surface area contributed by atoms with Crippen LogP contribution in [0.5, 0.6) is 0 Å². The summed E-state index contributed by atoms with van der Waals surface area (Å²) in [6.45, 7) is 2.68. The molecule has 0 spiro atoms. The zero-order valence-corrected chi connectivity index (χ0v) is 11.9. The predicted octanol–water partition coefficient (Wildman–Crippen LogP) is 2.48. The van der Waals surface area contributed by atoms with Gasteiger partial charge in [0.05, 0.1) is 30.9 Å². The van der Waals surface area contributed by atoms with Crippen molar-refractivity contribution in [2.24, 2.45) is 0 Å². The lowest BCUT2D eigenvalue weighted by molar-refractivity contribution is 0.0667. The highest BCUT2D eigenvalue weighted by molar-refractivity contribution is 6.17. The SMILES string of the molecule is COCCOCCn1c(CCCl)nc2ccccc21. The average molecular weight is 283 g/mol. The van der Waals surface area contributed by atoms with Crippen LogP contribution in [0.3, 0.4) is 0 Å². The molecule has 2 rings (SSSR count). The van der Waals surface area contributed by atoms with Crippen molar-refractivity contribution in [3.63, 3.8) is 0 Å². The van der Waals surface area contributed by atoms with Crippen molar-refractivity contribution in [3.05, 3.63) is 30.1 Å². The molecular weight excluding hydrogens is 264 g/mol. The molecule has 0 atom stereocenters. The first-order chi connectivity index (χ1) is 9.36. The molecule has 0 N–H and O–H groups in total. The van der Waals surface area contributed by atoms with Crippen LogP contribution in [-0.2, 0) is 22.4 Å². The first-order valence-corrected chi connectivity index (χ1v) is 6.97. The topological polar surface area (TPSA) is 36.3 Å². The molecule has 0 radical (unpaired) electrons. The maximum atomic E-state index is 5.84. The van der Waals surface area contributed by atoms with Crippen molar-refractivity contribution < 1.29 is 9.47 Å². The minimum atomic E-state index is 0.577. The van der Waals surface area contributed by atoms with Crippen molar-refractivity contribution in [2.75, 3.05) is 32.8 Å². The fourth-order valence-electron chi connectivity index (χ4n) is 2.05. The summed E-state index contributed by atoms with van der Waals surface area (Å²) in [5.41, 5.74) is 2.15. The first kappa shape index (κ1) is 14.3. The van der Waals surface area contributed by atoms with Crippen molar-refractivity contribution in [3.8, 4) is 0 Å². The Kier molecular flexibility index (Phi) is 5.63. The van der Waals surface area contributed by atoms with Gasteiger partial charge in [0.15, 0.2) is 0 Å². The lowest BCUT2D eigenvalue weighted by Gasteiger charge is -2.09. The van der Waals surface area contributed by atoms with E-state index in [1.165, 1.54) is 0 Å². The third-order valence-corrected chi connectivity index (χ3v) is 3.13. The summed E-state index contributed by atoms with van der Waals surface area (Å²) in [6.07, 6.45) is 0.772. The van der Waals surface area contributed by atoms with E-state index in [1.807, 2.05) is 18.2 Å². The van der Waals surface area contributed by atoms with Crippen molar-refractivity contribution in [1.29, 1.82) is 0 Å². The van der Waals surface area contributed by atoms with Crippen molar-refractivity contribution in [2.45, 2.75) is 13.0 Å². The van der Waals surface area contributed by atoms with Gasteiger partial charge in [-0.15, -0.1) is 11.6 Å². The molecular formula is C14H19ClN2O2. The number of alkyl halides is 1. The Morgan fingerprint density at radius 2 is 2.05 bits per heavy atom. The highest BCUT2D eigenvalue weighted by Crippen LogP contribution is 2.16. The lowest BCUT2D eigenvalue weighted by Crippen LogP contribution is -2.12. The van der Waals surface area contributed by atoms with E-state index in [0.717, 1.165) is 29.8 Å². The lowest BCUT2D eigenvalue weighted by atomic mass is 10.3. The van der Waals surface area contributed by atoms with E-state index in [9.17, 15) is 0 Å². The van der Waals surface area contributed by atoms with Gasteiger partial charge >= 0.3 is 0 Å². The number of para-hydroxylation sites is 2. The molecule has 104 valence electrons. The fourth-order valence-corrected chi connectivity index (χ4v) is 2.22. The van der Waals surface area contributed by atoms with Gasteiger partial charge in [-0.3, -0.25) is 0 Å². The van der Waals surface area contributed by atoms with Crippen LogP contribution >= 0.6 is 11.6 Å². The molecule has 0 bridgehead atoms. The number of fused-ring (bicyclic) bond motifs is 1. The number of benzene rings is 1. The minimum Gasteiger partial charge on any atom is -0.382 e. The van der Waals surface area contributed by atoms with Gasteiger partial charge in [-0.2, -0.15) is 0 Å². The number of ether oxygens (including phenoxy) is 2. The van der Waals surface area contributed by atoms with Gasteiger partial charge in [-0.1, -0.05) is 12.1 Å². The largest absolute Gasteiger partial charge is 0.382 e. The molecule has 0 aliphatic heterocycles. The second-order valence-corrected chi connectivity index (χ2v) is 4.59. The molecule has 5 heteroatoms. The number of aromatic nitrogens is 2. The van der Waals surface area contributed by atoms with Crippen LogP contribution in [0.4, 0.5) is 0 Å². The molecule has 0 fully saturated rings. The fraction of sp³-hybridized carbons (Fsp3) is 0.500. The van der Waals surface area contributed by atoms with Crippen molar-refractivity contribution >= 4 is 22.6 Å². The molecule has 0 aliphatic rings. The molecule has 0 saturated carbocycles. The Labute approximate surface area is 118 Å². The second kappa shape index (κ2) is 7.48. The van der Waals surface area contributed by atoms with Crippen LogP contribution < -0.4 is 0 Å². The number of hydrogen-bond acceptors (Lipinski definition) is 3. The third kappa shape index (κ3) is 3.69. The zero-order chi connectivity index (χ0) is 13.5. The summed E-state index contributed by atoms with van der Waals surface area (Å²) in [7, 11) is 1.67. The van der Waals surface area contributed by atoms with Gasteiger partial charge in [0.2, 0.25) is 0 Å². The van der Waals surface area contributed by atoms with E-state index in [0.29, 0.717) is 25.7 Å². The van der Waals surface area contributed by atoms with Crippen LogP contribution in [-0.4, -0.2) is 42.4 Å². The van der Waals surface area contributed by atoms with E-state index in [4.69, 9.17) is 21.1 Å². The summed E-state index contributed by atoms with van der Waals surface area (Å²) in [5, 5.41) is 0. The zero-order valence-electron chi connectivity index (χ0n) is 11.1. The predicted molar refractivity (Wildman–Crippen MR) is 76.9 cm³/mol. The maximum Gasteiger partial charge on any atom is 0.111 e. The molecule has 2 aromatic rings. The van der Waals surface area contributed by atoms with Gasteiger partial charge < -0.3 is 14.0 Å². The normalized spacial score (nSPS) is 11.3. The number of nitrogens with zero attached hydrogens (tertiary/aromatic N) is 2. The summed E-state index contributed by atoms with van der Waals surface area (Å²) < 4.78 is 12.7. The monoisotopic (exact) mass is 282 g/mol. The molecule has 1 heterocycles. The number of halogens is 1. The maximum absolute atomic E-state index is 5.84. The first-order valence-electron chi connectivity index (χ1n) is 6.43. The van der Waals surface area contributed by atoms with Crippen LogP contribution in [0.2, 0.25) is 0 Å². The standard InChI is InChI=1S/C14H19ClN2O2/c1-18-10-11-19-9-8-17-13-5-3-2-4-12(13)16-14(17)6-7-15/h2-5H,6-11H2,1H3. The number of rotatable bonds is 8. The molecule has 0 unspecified atom stereocenters. The molecule has 19 heavy (non-hydrogen) atoms. The van der Waals surface area contributed by atoms with E-state index in [1.54, 1.807) is 7.11 Å². The second-order valence-electron chi connectivity index (χ2n) is 4.21. The number of aryl methyl sites for hydroxylation is 1. The van der Waals surface area contributed by atoms with E-state index in [2.05, 4.69) is 15.6 Å². The minimum absolute atomic E-state index is 0.577. The molecule has 0 saturated heterocycles. The highest BCUT2D eigenvalue weighted by atomic mass is 35.5. The number of methoxy groups -OCH3 is 1. The Morgan fingerprint density at radius 3 is 2.84 bits per heavy atom. The van der Waals surface area contributed by atoms with Gasteiger partial charge in [-0.05, 0) is 12.1 Å². The van der Waals surface area contributed by atoms with E-state index < -0.39 is 0 Å². The van der Waals surface area contributed by atoms with Crippen LogP contribution in [0, 0.1) is 0 Å². The van der Waals surface area contributed by atoms with Crippen molar-refractivity contribution in [1.82, 2.24) is 9.55 Å². The average Bonchev–Trinajstić information content (AvgIpc) is 2.77. The Bertz CT molecular complexity index is 513. The smallest absolute Gasteiger partial charge is 0.111 e. The van der Waals surface area contributed by atoms with Crippen LogP contribution in [0.1, 0.15) is 5.82 Å². The van der Waals surface area contributed by atoms with Gasteiger partial charge in [0.1, 0.15) is 5.82 Å². The number of imidazole rings is 1.